The molecule has 0 aromatic rings. The van der Waals surface area contributed by atoms with Crippen LogP contribution < -0.4 is 5.32 Å². The summed E-state index contributed by atoms with van der Waals surface area (Å²) in [6, 6.07) is 0. The summed E-state index contributed by atoms with van der Waals surface area (Å²) in [7, 11) is 4.17. The highest BCUT2D eigenvalue weighted by Gasteiger charge is 2.52. The first-order valence-corrected chi connectivity index (χ1v) is 7.58. The molecule has 2 rings (SSSR count). The zero-order chi connectivity index (χ0) is 14.3. The van der Waals surface area contributed by atoms with E-state index in [1.54, 1.807) is 0 Å². The Balaban J connectivity index is 2.17. The number of hydrogen-bond donors (Lipinski definition) is 1. The zero-order valence-electron chi connectivity index (χ0n) is 13.1. The van der Waals surface area contributed by atoms with Gasteiger partial charge in [-0.25, -0.2) is 0 Å². The van der Waals surface area contributed by atoms with E-state index in [-0.39, 0.29) is 17.2 Å². The third kappa shape index (κ3) is 2.52. The Kier molecular flexibility index (Phi) is 3.94. The average Bonchev–Trinajstić information content (AvgIpc) is 2.90. The molecule has 2 aliphatic rings. The maximum atomic E-state index is 12.8. The average molecular weight is 267 g/mol. The van der Waals surface area contributed by atoms with E-state index in [4.69, 9.17) is 0 Å². The second-order valence-electron chi connectivity index (χ2n) is 7.00. The summed E-state index contributed by atoms with van der Waals surface area (Å²) in [6.45, 7) is 7.36. The molecule has 4 heteroatoms. The molecule has 1 aliphatic heterocycles. The van der Waals surface area contributed by atoms with Crippen molar-refractivity contribution in [1.29, 1.82) is 0 Å². The van der Waals surface area contributed by atoms with Gasteiger partial charge in [0.2, 0.25) is 5.91 Å². The highest BCUT2D eigenvalue weighted by molar-refractivity contribution is 5.89. The van der Waals surface area contributed by atoms with Crippen LogP contribution in [0.15, 0.2) is 0 Å². The molecule has 1 aliphatic carbocycles. The summed E-state index contributed by atoms with van der Waals surface area (Å²) < 4.78 is 0. The molecule has 1 spiro atoms. The third-order valence-corrected chi connectivity index (χ3v) is 5.10. The number of amides is 1. The lowest BCUT2D eigenvalue weighted by atomic mass is 9.97. The molecule has 19 heavy (non-hydrogen) atoms. The molecular weight excluding hydrogens is 238 g/mol. The molecule has 0 bridgehead atoms. The van der Waals surface area contributed by atoms with Gasteiger partial charge in [-0.2, -0.15) is 0 Å². The molecule has 1 atom stereocenters. The van der Waals surface area contributed by atoms with Gasteiger partial charge in [-0.1, -0.05) is 19.8 Å². The van der Waals surface area contributed by atoms with E-state index in [9.17, 15) is 4.79 Å². The molecule has 0 aromatic carbocycles. The number of carbonyl (C=O) groups excluding carboxylic acids is 1. The van der Waals surface area contributed by atoms with Gasteiger partial charge in [0, 0.05) is 12.1 Å². The van der Waals surface area contributed by atoms with Crippen LogP contribution in [0.1, 0.15) is 52.9 Å². The first kappa shape index (κ1) is 14.8. The Morgan fingerprint density at radius 1 is 1.37 bits per heavy atom. The first-order chi connectivity index (χ1) is 8.82. The number of hydrogen-bond acceptors (Lipinski definition) is 3. The molecule has 1 N–H and O–H groups in total. The molecule has 4 nitrogen and oxygen atoms in total. The summed E-state index contributed by atoms with van der Waals surface area (Å²) in [5, 5.41) is 3.64. The third-order valence-electron chi connectivity index (χ3n) is 5.10. The predicted molar refractivity (Wildman–Crippen MR) is 77.9 cm³/mol. The lowest BCUT2D eigenvalue weighted by Gasteiger charge is -2.38. The smallest absolute Gasteiger partial charge is 0.244 e. The van der Waals surface area contributed by atoms with Crippen molar-refractivity contribution >= 4 is 5.91 Å². The Morgan fingerprint density at radius 2 is 1.95 bits per heavy atom. The molecule has 0 aromatic heterocycles. The molecule has 1 amide bonds. The van der Waals surface area contributed by atoms with Crippen molar-refractivity contribution in [2.45, 2.75) is 70.1 Å². The normalized spacial score (nSPS) is 26.9. The lowest BCUT2D eigenvalue weighted by molar-refractivity contribution is -0.134. The Morgan fingerprint density at radius 3 is 2.42 bits per heavy atom. The van der Waals surface area contributed by atoms with E-state index in [0.717, 1.165) is 25.8 Å². The molecule has 1 saturated carbocycles. The van der Waals surface area contributed by atoms with E-state index >= 15 is 0 Å². The molecule has 1 saturated heterocycles. The Bertz CT molecular complexity index is 345. The Hall–Kier alpha value is -0.610. The number of nitrogens with one attached hydrogen (secondary N) is 1. The Labute approximate surface area is 117 Å². The second-order valence-corrected chi connectivity index (χ2v) is 7.00. The minimum absolute atomic E-state index is 0.00882. The standard InChI is InChI=1S/C15H29N3O/c1-6-12-16-15(9-7-8-10-15)13(19)18(12)11-14(2,3)17(4)5/h12,16H,6-11H2,1-5H3. The van der Waals surface area contributed by atoms with E-state index in [0.29, 0.717) is 5.91 Å². The molecule has 2 fully saturated rings. The topological polar surface area (TPSA) is 35.6 Å². The fourth-order valence-electron chi connectivity index (χ4n) is 3.27. The van der Waals surface area contributed by atoms with Crippen molar-refractivity contribution in [2.75, 3.05) is 20.6 Å². The van der Waals surface area contributed by atoms with Gasteiger partial charge in [-0.05, 0) is 47.2 Å². The molecule has 110 valence electrons. The van der Waals surface area contributed by atoms with Gasteiger partial charge in [0.25, 0.3) is 0 Å². The van der Waals surface area contributed by atoms with Crippen molar-refractivity contribution < 1.29 is 4.79 Å². The van der Waals surface area contributed by atoms with Crippen LogP contribution in [0.25, 0.3) is 0 Å². The van der Waals surface area contributed by atoms with Gasteiger partial charge in [0.05, 0.1) is 11.7 Å². The number of likely N-dealkylation sites (N-methyl/N-ethyl adjacent to an activating group) is 1. The highest BCUT2D eigenvalue weighted by atomic mass is 16.2. The van der Waals surface area contributed by atoms with Gasteiger partial charge in [0.15, 0.2) is 0 Å². The maximum absolute atomic E-state index is 12.8. The van der Waals surface area contributed by atoms with Crippen LogP contribution in [0.3, 0.4) is 0 Å². The van der Waals surface area contributed by atoms with Gasteiger partial charge in [-0.15, -0.1) is 0 Å². The van der Waals surface area contributed by atoms with Gasteiger partial charge in [0.1, 0.15) is 0 Å². The van der Waals surface area contributed by atoms with Gasteiger partial charge in [-0.3, -0.25) is 10.1 Å². The van der Waals surface area contributed by atoms with E-state index in [1.165, 1.54) is 12.8 Å². The summed E-state index contributed by atoms with van der Waals surface area (Å²) in [5.74, 6) is 0.340. The molecular formula is C15H29N3O. The fourth-order valence-corrected chi connectivity index (χ4v) is 3.27. The number of rotatable bonds is 4. The maximum Gasteiger partial charge on any atom is 0.244 e. The van der Waals surface area contributed by atoms with Crippen molar-refractivity contribution in [3.05, 3.63) is 0 Å². The molecule has 1 heterocycles. The number of nitrogens with zero attached hydrogens (tertiary/aromatic N) is 2. The summed E-state index contributed by atoms with van der Waals surface area (Å²) in [5.41, 5.74) is -0.224. The van der Waals surface area contributed by atoms with Crippen LogP contribution in [0.2, 0.25) is 0 Å². The highest BCUT2D eigenvalue weighted by Crippen LogP contribution is 2.37. The lowest BCUT2D eigenvalue weighted by Crippen LogP contribution is -2.52. The molecule has 0 radical (unpaired) electrons. The first-order valence-electron chi connectivity index (χ1n) is 7.58. The van der Waals surface area contributed by atoms with Crippen molar-refractivity contribution in [2.24, 2.45) is 0 Å². The van der Waals surface area contributed by atoms with Crippen LogP contribution in [0.4, 0.5) is 0 Å². The van der Waals surface area contributed by atoms with Gasteiger partial charge >= 0.3 is 0 Å². The van der Waals surface area contributed by atoms with Crippen LogP contribution in [0, 0.1) is 0 Å². The largest absolute Gasteiger partial charge is 0.324 e. The van der Waals surface area contributed by atoms with Crippen LogP contribution in [-0.2, 0) is 4.79 Å². The van der Waals surface area contributed by atoms with Gasteiger partial charge < -0.3 is 9.80 Å². The summed E-state index contributed by atoms with van der Waals surface area (Å²) in [6.07, 6.45) is 5.59. The van der Waals surface area contributed by atoms with E-state index in [1.807, 2.05) is 0 Å². The van der Waals surface area contributed by atoms with E-state index < -0.39 is 0 Å². The SMILES string of the molecule is CCC1NC2(CCCC2)C(=O)N1CC(C)(C)N(C)C. The monoisotopic (exact) mass is 267 g/mol. The van der Waals surface area contributed by atoms with E-state index in [2.05, 4.69) is 50.0 Å². The quantitative estimate of drug-likeness (QED) is 0.844. The number of carbonyl (C=O) groups is 1. The zero-order valence-corrected chi connectivity index (χ0v) is 13.1. The fraction of sp³-hybridized carbons (Fsp3) is 0.933. The van der Waals surface area contributed by atoms with Crippen LogP contribution in [-0.4, -0.2) is 53.6 Å². The molecule has 1 unspecified atom stereocenters. The summed E-state index contributed by atoms with van der Waals surface area (Å²) >= 11 is 0. The second kappa shape index (κ2) is 5.06. The summed E-state index contributed by atoms with van der Waals surface area (Å²) in [4.78, 5) is 17.1. The van der Waals surface area contributed by atoms with Crippen LogP contribution >= 0.6 is 0 Å². The van der Waals surface area contributed by atoms with Crippen LogP contribution in [0.5, 0.6) is 0 Å². The minimum Gasteiger partial charge on any atom is -0.324 e. The minimum atomic E-state index is -0.233. The van der Waals surface area contributed by atoms with Crippen molar-refractivity contribution in [3.63, 3.8) is 0 Å². The predicted octanol–water partition coefficient (Wildman–Crippen LogP) is 1.81. The van der Waals surface area contributed by atoms with Crippen molar-refractivity contribution in [3.8, 4) is 0 Å². The van der Waals surface area contributed by atoms with Crippen molar-refractivity contribution in [1.82, 2.24) is 15.1 Å².